The van der Waals surface area contributed by atoms with Crippen molar-refractivity contribution in [1.82, 2.24) is 10.6 Å². The van der Waals surface area contributed by atoms with Crippen LogP contribution in [0.1, 0.15) is 32.6 Å². The van der Waals surface area contributed by atoms with Crippen molar-refractivity contribution in [2.45, 2.75) is 119 Å². The molecule has 0 aromatic heterocycles. The maximum atomic E-state index is 12.3. The molecule has 4 aliphatic heterocycles. The Bertz CT molecular complexity index is 1200. The van der Waals surface area contributed by atoms with Crippen molar-refractivity contribution in [3.8, 4) is 0 Å². The van der Waals surface area contributed by atoms with Crippen LogP contribution in [0.4, 0.5) is 0 Å². The van der Waals surface area contributed by atoms with Crippen LogP contribution in [0.25, 0.3) is 0 Å². The zero-order chi connectivity index (χ0) is 34.0. The van der Waals surface area contributed by atoms with Gasteiger partial charge in [-0.05, 0) is 6.92 Å². The summed E-state index contributed by atoms with van der Waals surface area (Å²) in [6.45, 7) is 3.31. The Morgan fingerprint density at radius 1 is 0.809 bits per heavy atom. The molecule has 4 aliphatic rings. The molecule has 7 N–H and O–H groups in total. The van der Waals surface area contributed by atoms with Gasteiger partial charge in [0.2, 0.25) is 11.8 Å². The van der Waals surface area contributed by atoms with Crippen LogP contribution in [0.5, 0.6) is 0 Å². The topological polar surface area (TPSA) is 233 Å². The minimum Gasteiger partial charge on any atom is -0.394 e. The number of hydrogen-bond donors (Lipinski definition) is 7. The van der Waals surface area contributed by atoms with Crippen molar-refractivity contribution in [1.29, 1.82) is 0 Å². The third kappa shape index (κ3) is 7.78. The van der Waals surface area contributed by atoms with E-state index in [0.29, 0.717) is 0 Å². The smallest absolute Gasteiger partial charge is 0.217 e. The lowest BCUT2D eigenvalue weighted by Crippen LogP contribution is -2.70. The van der Waals surface area contributed by atoms with Gasteiger partial charge >= 0.3 is 0 Å². The number of amides is 2. The first-order chi connectivity index (χ1) is 22.4. The van der Waals surface area contributed by atoms with Crippen LogP contribution in [0, 0.1) is 0 Å². The minimum absolute atomic E-state index is 0.00162. The number of methoxy groups -OCH3 is 1. The SMILES string of the molecule is CO[C@@H]1O[C@@H](C)[C@H](O)[C@@H](O[C@@H]2O[C@@H]3CO[C@@H](c4ccccc4)O[C@H]3[C@H](O)[C@H]2NC(C)=O)[C@H]1O[C@H]1O[C@H](CO)[C@H](O)[C@H](O)[C@H]1NC(C)=O. The van der Waals surface area contributed by atoms with Gasteiger partial charge < -0.3 is 74.1 Å². The number of aliphatic hydroxyl groups is 5. The number of hydrogen-bond acceptors (Lipinski definition) is 15. The van der Waals surface area contributed by atoms with Gasteiger partial charge in [-0.15, -0.1) is 0 Å². The summed E-state index contributed by atoms with van der Waals surface area (Å²) < 4.78 is 47.7. The van der Waals surface area contributed by atoms with E-state index in [1.54, 1.807) is 6.92 Å². The van der Waals surface area contributed by atoms with Gasteiger partial charge in [0.1, 0.15) is 67.0 Å². The number of aliphatic hydroxyl groups excluding tert-OH is 5. The molecule has 4 saturated heterocycles. The standard InChI is InChI=1S/C30H44N2O15/c1-12-20(36)25(26(30(40-4)42-12)47-28-18(31-13(2)34)22(38)21(37)16(10-33)43-28)46-29-19(32-14(3)35)23(39)24-17(44-29)11-41-27(45-24)15-8-6-5-7-9-15/h5-9,12,16-30,33,36-39H,10-11H2,1-4H3,(H,31,34)(H,32,35)/t12-,16+,17+,18+,19+,20-,21-,22+,23+,24+,25+,26+,27+,28+,29-,30+/m0/s1. The van der Waals surface area contributed by atoms with Crippen LogP contribution in [-0.4, -0.2) is 150 Å². The molecule has 0 radical (unpaired) electrons. The normalized spacial score (nSPS) is 43.9. The van der Waals surface area contributed by atoms with E-state index in [0.717, 1.165) is 5.56 Å². The number of carbonyl (C=O) groups is 2. The second kappa shape index (κ2) is 15.5. The molecule has 1 aromatic rings. The highest BCUT2D eigenvalue weighted by Gasteiger charge is 2.55. The molecule has 0 aliphatic carbocycles. The molecule has 47 heavy (non-hydrogen) atoms. The lowest BCUT2D eigenvalue weighted by molar-refractivity contribution is -0.386. The maximum Gasteiger partial charge on any atom is 0.217 e. The van der Waals surface area contributed by atoms with Crippen LogP contribution in [-0.2, 0) is 47.5 Å². The van der Waals surface area contributed by atoms with E-state index in [1.165, 1.54) is 21.0 Å². The molecular weight excluding hydrogens is 628 g/mol. The lowest BCUT2D eigenvalue weighted by Gasteiger charge is -2.51. The summed E-state index contributed by atoms with van der Waals surface area (Å²) in [4.78, 5) is 24.3. The van der Waals surface area contributed by atoms with E-state index in [-0.39, 0.29) is 6.61 Å². The van der Waals surface area contributed by atoms with Gasteiger partial charge in [0.15, 0.2) is 25.2 Å². The van der Waals surface area contributed by atoms with Crippen molar-refractivity contribution in [2.75, 3.05) is 20.3 Å². The Kier molecular flexibility index (Phi) is 11.8. The molecule has 16 atom stereocenters. The monoisotopic (exact) mass is 672 g/mol. The summed E-state index contributed by atoms with van der Waals surface area (Å²) in [7, 11) is 1.32. The molecule has 17 nitrogen and oxygen atoms in total. The van der Waals surface area contributed by atoms with Crippen molar-refractivity contribution >= 4 is 11.8 Å². The second-order valence-electron chi connectivity index (χ2n) is 12.0. The first-order valence-electron chi connectivity index (χ1n) is 15.4. The maximum absolute atomic E-state index is 12.3. The summed E-state index contributed by atoms with van der Waals surface area (Å²) in [6, 6.07) is 6.60. The summed E-state index contributed by atoms with van der Waals surface area (Å²) >= 11 is 0. The highest BCUT2D eigenvalue weighted by atomic mass is 16.8. The van der Waals surface area contributed by atoms with Crippen molar-refractivity contribution < 1.29 is 73.0 Å². The van der Waals surface area contributed by atoms with E-state index >= 15 is 0 Å². The molecule has 17 heteroatoms. The van der Waals surface area contributed by atoms with Crippen molar-refractivity contribution in [3.63, 3.8) is 0 Å². The molecular formula is C30H44N2O15. The molecule has 0 saturated carbocycles. The summed E-state index contributed by atoms with van der Waals surface area (Å²) in [5.41, 5.74) is 0.723. The predicted molar refractivity (Wildman–Crippen MR) is 155 cm³/mol. The zero-order valence-electron chi connectivity index (χ0n) is 26.4. The summed E-state index contributed by atoms with van der Waals surface area (Å²) in [6.07, 6.45) is -17.5. The van der Waals surface area contributed by atoms with Crippen LogP contribution in [0.3, 0.4) is 0 Å². The number of benzene rings is 1. The van der Waals surface area contributed by atoms with Crippen LogP contribution < -0.4 is 10.6 Å². The molecule has 4 fully saturated rings. The first-order valence-corrected chi connectivity index (χ1v) is 15.4. The number of carbonyl (C=O) groups excluding carboxylic acids is 2. The van der Waals surface area contributed by atoms with Crippen LogP contribution in [0.2, 0.25) is 0 Å². The third-order valence-corrected chi connectivity index (χ3v) is 8.63. The molecule has 5 rings (SSSR count). The molecule has 0 unspecified atom stereocenters. The Morgan fingerprint density at radius 3 is 2.04 bits per heavy atom. The van der Waals surface area contributed by atoms with E-state index in [4.69, 9.17) is 37.9 Å². The van der Waals surface area contributed by atoms with Crippen LogP contribution in [0.15, 0.2) is 30.3 Å². The van der Waals surface area contributed by atoms with E-state index < -0.39 is 117 Å². The minimum atomic E-state index is -1.62. The van der Waals surface area contributed by atoms with Gasteiger partial charge in [-0.1, -0.05) is 30.3 Å². The average Bonchev–Trinajstić information content (AvgIpc) is 3.05. The quantitative estimate of drug-likeness (QED) is 0.140. The molecule has 1 aromatic carbocycles. The fourth-order valence-electron chi connectivity index (χ4n) is 6.25. The van der Waals surface area contributed by atoms with Gasteiger partial charge in [-0.25, -0.2) is 0 Å². The Morgan fingerprint density at radius 2 is 1.43 bits per heavy atom. The molecule has 0 bridgehead atoms. The van der Waals surface area contributed by atoms with Crippen molar-refractivity contribution in [3.05, 3.63) is 35.9 Å². The van der Waals surface area contributed by atoms with E-state index in [1.807, 2.05) is 30.3 Å². The van der Waals surface area contributed by atoms with Gasteiger partial charge in [-0.3, -0.25) is 9.59 Å². The number of ether oxygens (including phenoxy) is 8. The summed E-state index contributed by atoms with van der Waals surface area (Å²) in [5.74, 6) is -1.08. The number of fused-ring (bicyclic) bond motifs is 1. The first kappa shape index (κ1) is 35.9. The highest BCUT2D eigenvalue weighted by Crippen LogP contribution is 2.37. The van der Waals surface area contributed by atoms with Gasteiger partial charge in [0.05, 0.1) is 19.3 Å². The molecule has 264 valence electrons. The van der Waals surface area contributed by atoms with Gasteiger partial charge in [0, 0.05) is 26.5 Å². The highest BCUT2D eigenvalue weighted by molar-refractivity contribution is 5.73. The zero-order valence-corrected chi connectivity index (χ0v) is 26.4. The lowest BCUT2D eigenvalue weighted by atomic mass is 9.94. The molecule has 0 spiro atoms. The average molecular weight is 673 g/mol. The Balaban J connectivity index is 1.41. The van der Waals surface area contributed by atoms with Gasteiger partial charge in [0.25, 0.3) is 0 Å². The Labute approximate surface area is 270 Å². The molecule has 4 heterocycles. The van der Waals surface area contributed by atoms with E-state index in [9.17, 15) is 35.1 Å². The summed E-state index contributed by atoms with van der Waals surface area (Å²) in [5, 5.41) is 59.0. The Hall–Kier alpha value is -2.36. The van der Waals surface area contributed by atoms with Crippen LogP contribution >= 0.6 is 0 Å². The number of nitrogens with one attached hydrogen (secondary N) is 2. The predicted octanol–water partition coefficient (Wildman–Crippen LogP) is -2.84. The number of rotatable bonds is 9. The fourth-order valence-corrected chi connectivity index (χ4v) is 6.25. The fraction of sp³-hybridized carbons (Fsp3) is 0.733. The molecule has 2 amide bonds. The third-order valence-electron chi connectivity index (χ3n) is 8.63. The van der Waals surface area contributed by atoms with Gasteiger partial charge in [-0.2, -0.15) is 0 Å². The van der Waals surface area contributed by atoms with Crippen molar-refractivity contribution in [2.24, 2.45) is 0 Å². The van der Waals surface area contributed by atoms with E-state index in [2.05, 4.69) is 10.6 Å². The largest absolute Gasteiger partial charge is 0.394 e. The second-order valence-corrected chi connectivity index (χ2v) is 12.0.